The van der Waals surface area contributed by atoms with Gasteiger partial charge in [0, 0.05) is 6.54 Å². The predicted molar refractivity (Wildman–Crippen MR) is 119 cm³/mol. The molecule has 0 spiro atoms. The molecule has 2 heterocycles. The van der Waals surface area contributed by atoms with Gasteiger partial charge in [0.2, 0.25) is 0 Å². The highest BCUT2D eigenvalue weighted by atomic mass is 32.1. The van der Waals surface area contributed by atoms with Crippen LogP contribution in [0.3, 0.4) is 0 Å². The largest absolute Gasteiger partial charge is 0.457 e. The van der Waals surface area contributed by atoms with E-state index >= 15 is 0 Å². The normalized spacial score (nSPS) is 11.0. The number of nitrogens with zero attached hydrogens (tertiary/aromatic N) is 2. The summed E-state index contributed by atoms with van der Waals surface area (Å²) in [5.41, 5.74) is 2.70. The van der Waals surface area contributed by atoms with Gasteiger partial charge in [-0.15, -0.1) is 11.3 Å². The smallest absolute Gasteiger partial charge is 0.349 e. The lowest BCUT2D eigenvalue weighted by Gasteiger charge is -2.06. The third-order valence-corrected chi connectivity index (χ3v) is 6.20. The third-order valence-electron chi connectivity index (χ3n) is 5.02. The molecule has 0 saturated carbocycles. The van der Waals surface area contributed by atoms with E-state index in [-0.39, 0.29) is 12.2 Å². The van der Waals surface area contributed by atoms with Crippen LogP contribution in [0.1, 0.15) is 32.8 Å². The summed E-state index contributed by atoms with van der Waals surface area (Å²) in [4.78, 5) is 31.0. The van der Waals surface area contributed by atoms with Crippen molar-refractivity contribution < 1.29 is 9.53 Å². The Morgan fingerprint density at radius 1 is 1.03 bits per heavy atom. The second-order valence-corrected chi connectivity index (χ2v) is 8.13. The number of carbonyl (C=O) groups excluding carboxylic acids is 1. The van der Waals surface area contributed by atoms with Crippen molar-refractivity contribution in [2.75, 3.05) is 0 Å². The first kappa shape index (κ1) is 20.0. The molecule has 6 heteroatoms. The number of esters is 1. The molecule has 30 heavy (non-hydrogen) atoms. The Balaban J connectivity index is 1.50. The number of thiophene rings is 1. The average Bonchev–Trinajstić information content (AvgIpc) is 3.12. The van der Waals surface area contributed by atoms with Crippen molar-refractivity contribution in [1.82, 2.24) is 9.55 Å². The molecule has 5 nitrogen and oxygen atoms in total. The molecular weight excluding hydrogens is 396 g/mol. The fourth-order valence-corrected chi connectivity index (χ4v) is 4.43. The van der Waals surface area contributed by atoms with Crippen LogP contribution < -0.4 is 5.56 Å². The molecule has 0 fully saturated rings. The lowest BCUT2D eigenvalue weighted by Crippen LogP contribution is -2.21. The summed E-state index contributed by atoms with van der Waals surface area (Å²) in [6.45, 7) is 2.57. The minimum absolute atomic E-state index is 0.107. The maximum atomic E-state index is 13.0. The third kappa shape index (κ3) is 4.33. The zero-order valence-corrected chi connectivity index (χ0v) is 17.5. The van der Waals surface area contributed by atoms with Crippen molar-refractivity contribution in [2.24, 2.45) is 0 Å². The quantitative estimate of drug-likeness (QED) is 0.406. The van der Waals surface area contributed by atoms with Gasteiger partial charge in [-0.25, -0.2) is 9.78 Å². The Morgan fingerprint density at radius 3 is 2.40 bits per heavy atom. The van der Waals surface area contributed by atoms with Crippen LogP contribution in [0, 0.1) is 6.92 Å². The Hall–Kier alpha value is -3.25. The molecule has 0 atom stereocenters. The summed E-state index contributed by atoms with van der Waals surface area (Å²) >= 11 is 1.21. The van der Waals surface area contributed by atoms with Crippen molar-refractivity contribution in [3.05, 3.63) is 98.9 Å². The maximum absolute atomic E-state index is 13.0. The summed E-state index contributed by atoms with van der Waals surface area (Å²) in [6, 6.07) is 19.7. The molecule has 0 unspecified atom stereocenters. The van der Waals surface area contributed by atoms with E-state index in [9.17, 15) is 9.59 Å². The van der Waals surface area contributed by atoms with Crippen molar-refractivity contribution in [2.45, 2.75) is 32.9 Å². The number of aromatic nitrogens is 2. The fourth-order valence-electron chi connectivity index (χ4n) is 3.40. The number of ether oxygens (including phenoxy) is 1. The molecule has 4 rings (SSSR count). The van der Waals surface area contributed by atoms with Gasteiger partial charge in [0.05, 0.1) is 11.7 Å². The van der Waals surface area contributed by atoms with Crippen LogP contribution in [0.5, 0.6) is 0 Å². The van der Waals surface area contributed by atoms with Crippen molar-refractivity contribution in [3.63, 3.8) is 0 Å². The highest BCUT2D eigenvalue weighted by molar-refractivity contribution is 7.20. The molecule has 2 aromatic carbocycles. The van der Waals surface area contributed by atoms with E-state index in [0.29, 0.717) is 27.2 Å². The maximum Gasteiger partial charge on any atom is 0.349 e. The highest BCUT2D eigenvalue weighted by Crippen LogP contribution is 2.27. The zero-order valence-electron chi connectivity index (χ0n) is 16.7. The topological polar surface area (TPSA) is 61.2 Å². The first-order valence-corrected chi connectivity index (χ1v) is 10.7. The van der Waals surface area contributed by atoms with E-state index in [1.807, 2.05) is 48.5 Å². The average molecular weight is 419 g/mol. The first-order chi connectivity index (χ1) is 14.6. The summed E-state index contributed by atoms with van der Waals surface area (Å²) in [5, 5.41) is 0.508. The minimum atomic E-state index is -0.422. The fraction of sp³-hybridized carbons (Fsp3) is 0.208. The second kappa shape index (κ2) is 9.05. The molecule has 0 radical (unpaired) electrons. The lowest BCUT2D eigenvalue weighted by molar-refractivity contribution is 0.0478. The Morgan fingerprint density at radius 2 is 1.70 bits per heavy atom. The van der Waals surface area contributed by atoms with E-state index in [2.05, 4.69) is 17.1 Å². The van der Waals surface area contributed by atoms with E-state index < -0.39 is 5.97 Å². The van der Waals surface area contributed by atoms with Crippen LogP contribution in [0.4, 0.5) is 0 Å². The number of benzene rings is 2. The van der Waals surface area contributed by atoms with E-state index in [0.717, 1.165) is 18.4 Å². The number of rotatable bonds is 7. The van der Waals surface area contributed by atoms with Gasteiger partial charge in [0.15, 0.2) is 0 Å². The van der Waals surface area contributed by atoms with Gasteiger partial charge in [-0.1, -0.05) is 60.7 Å². The monoisotopic (exact) mass is 418 g/mol. The van der Waals surface area contributed by atoms with Gasteiger partial charge < -0.3 is 4.74 Å². The number of carbonyl (C=O) groups is 1. The Labute approximate surface area is 178 Å². The number of fused-ring (bicyclic) bond motifs is 1. The van der Waals surface area contributed by atoms with Crippen LogP contribution in [0.25, 0.3) is 10.2 Å². The van der Waals surface area contributed by atoms with E-state index in [4.69, 9.17) is 4.74 Å². The SMILES string of the molecule is Cc1c(C(=O)OCc2ccccc2)sc2ncn(CCCc3ccccc3)c(=O)c12. The van der Waals surface area contributed by atoms with Gasteiger partial charge in [-0.3, -0.25) is 9.36 Å². The van der Waals surface area contributed by atoms with Crippen LogP contribution >= 0.6 is 11.3 Å². The zero-order chi connectivity index (χ0) is 20.9. The van der Waals surface area contributed by atoms with Crippen LogP contribution in [0.15, 0.2) is 71.8 Å². The van der Waals surface area contributed by atoms with Gasteiger partial charge in [-0.05, 0) is 36.5 Å². The standard InChI is InChI=1S/C24H22N2O3S/c1-17-20-22(30-21(17)24(28)29-15-19-11-6-3-7-12-19)25-16-26(23(20)27)14-8-13-18-9-4-2-5-10-18/h2-7,9-12,16H,8,13-15H2,1H3. The molecule has 2 aromatic heterocycles. The van der Waals surface area contributed by atoms with Crippen molar-refractivity contribution in [1.29, 1.82) is 0 Å². The van der Waals surface area contributed by atoms with Crippen molar-refractivity contribution >= 4 is 27.5 Å². The van der Waals surface area contributed by atoms with Gasteiger partial charge in [0.25, 0.3) is 5.56 Å². The van der Waals surface area contributed by atoms with Crippen LogP contribution in [-0.2, 0) is 24.3 Å². The number of hydrogen-bond donors (Lipinski definition) is 0. The number of aryl methyl sites for hydroxylation is 3. The molecule has 4 aromatic rings. The Kier molecular flexibility index (Phi) is 6.05. The van der Waals surface area contributed by atoms with Gasteiger partial charge in [0.1, 0.15) is 16.3 Å². The van der Waals surface area contributed by atoms with E-state index in [1.165, 1.54) is 16.9 Å². The molecule has 0 amide bonds. The molecule has 0 bridgehead atoms. The molecule has 0 N–H and O–H groups in total. The molecule has 152 valence electrons. The van der Waals surface area contributed by atoms with Gasteiger partial charge >= 0.3 is 5.97 Å². The van der Waals surface area contributed by atoms with Gasteiger partial charge in [-0.2, -0.15) is 0 Å². The first-order valence-electron chi connectivity index (χ1n) is 9.87. The minimum Gasteiger partial charge on any atom is -0.457 e. The van der Waals surface area contributed by atoms with Crippen LogP contribution in [-0.4, -0.2) is 15.5 Å². The molecule has 0 aliphatic carbocycles. The van der Waals surface area contributed by atoms with E-state index in [1.54, 1.807) is 17.8 Å². The highest BCUT2D eigenvalue weighted by Gasteiger charge is 2.20. The predicted octanol–water partition coefficient (Wildman–Crippen LogP) is 4.76. The molecule has 0 aliphatic rings. The Bertz CT molecular complexity index is 1210. The summed E-state index contributed by atoms with van der Waals surface area (Å²) in [6.07, 6.45) is 3.31. The molecular formula is C24H22N2O3S. The van der Waals surface area contributed by atoms with Crippen LogP contribution in [0.2, 0.25) is 0 Å². The lowest BCUT2D eigenvalue weighted by atomic mass is 10.1. The van der Waals surface area contributed by atoms with Crippen molar-refractivity contribution in [3.8, 4) is 0 Å². The summed E-state index contributed by atoms with van der Waals surface area (Å²) < 4.78 is 7.07. The second-order valence-electron chi connectivity index (χ2n) is 7.13. The number of hydrogen-bond acceptors (Lipinski definition) is 5. The summed E-state index contributed by atoms with van der Waals surface area (Å²) in [5.74, 6) is -0.422. The molecule has 0 saturated heterocycles. The summed E-state index contributed by atoms with van der Waals surface area (Å²) in [7, 11) is 0. The molecule has 0 aliphatic heterocycles.